The number of aromatic nitrogens is 2. The Balaban J connectivity index is 1.46. The number of hydrogen-bond donors (Lipinski definition) is 2. The van der Waals surface area contributed by atoms with Crippen LogP contribution in [0.5, 0.6) is 0 Å². The van der Waals surface area contributed by atoms with E-state index in [4.69, 9.17) is 4.74 Å². The van der Waals surface area contributed by atoms with E-state index < -0.39 is 6.04 Å². The molecule has 0 saturated carbocycles. The van der Waals surface area contributed by atoms with Gasteiger partial charge in [0.05, 0.1) is 6.54 Å². The number of cyclic esters (lactones) is 1. The zero-order valence-corrected chi connectivity index (χ0v) is 13.4. The maximum atomic E-state index is 11.9. The minimum Gasteiger partial charge on any atom is -0.461 e. The lowest BCUT2D eigenvalue weighted by Gasteiger charge is -2.11. The lowest BCUT2D eigenvalue weighted by molar-refractivity contribution is -0.142. The summed E-state index contributed by atoms with van der Waals surface area (Å²) in [5, 5.41) is 9.55. The van der Waals surface area contributed by atoms with Gasteiger partial charge in [-0.2, -0.15) is 5.10 Å². The Bertz CT molecular complexity index is 697. The number of hydrogen-bond acceptors (Lipinski definition) is 4. The molecule has 126 valence electrons. The summed E-state index contributed by atoms with van der Waals surface area (Å²) >= 11 is 0. The molecular weight excluding hydrogens is 308 g/mol. The second-order valence-electron chi connectivity index (χ2n) is 5.88. The van der Waals surface area contributed by atoms with Gasteiger partial charge in [0.25, 0.3) is 0 Å². The molecule has 7 heteroatoms. The average molecular weight is 328 g/mol. The summed E-state index contributed by atoms with van der Waals surface area (Å²) in [6.07, 6.45) is 4.02. The van der Waals surface area contributed by atoms with Crippen LogP contribution < -0.4 is 10.6 Å². The second-order valence-corrected chi connectivity index (χ2v) is 5.88. The van der Waals surface area contributed by atoms with Gasteiger partial charge in [0.1, 0.15) is 12.1 Å². The molecule has 2 amide bonds. The van der Waals surface area contributed by atoms with Gasteiger partial charge in [-0.15, -0.1) is 0 Å². The van der Waals surface area contributed by atoms with E-state index in [-0.39, 0.29) is 18.1 Å². The van der Waals surface area contributed by atoms with Crippen molar-refractivity contribution in [2.75, 3.05) is 0 Å². The lowest BCUT2D eigenvalue weighted by Crippen LogP contribution is -2.43. The van der Waals surface area contributed by atoms with Crippen LogP contribution in [0, 0.1) is 0 Å². The van der Waals surface area contributed by atoms with Crippen LogP contribution in [0.3, 0.4) is 0 Å². The molecule has 24 heavy (non-hydrogen) atoms. The Hall–Kier alpha value is -2.83. The summed E-state index contributed by atoms with van der Waals surface area (Å²) in [5.74, 6) is -0.374. The van der Waals surface area contributed by atoms with Crippen LogP contribution in [0.2, 0.25) is 0 Å². The van der Waals surface area contributed by atoms with Crippen LogP contribution in [-0.2, 0) is 22.6 Å². The first kappa shape index (κ1) is 16.0. The van der Waals surface area contributed by atoms with Crippen molar-refractivity contribution in [2.45, 2.75) is 38.6 Å². The van der Waals surface area contributed by atoms with Crippen molar-refractivity contribution < 1.29 is 14.3 Å². The molecule has 1 aliphatic rings. The molecule has 0 aliphatic carbocycles. The molecule has 7 nitrogen and oxygen atoms in total. The summed E-state index contributed by atoms with van der Waals surface area (Å²) in [6, 6.07) is 8.90. The fourth-order valence-corrected chi connectivity index (χ4v) is 2.61. The quantitative estimate of drug-likeness (QED) is 0.813. The minimum absolute atomic E-state index is 0.148. The van der Waals surface area contributed by atoms with E-state index in [0.717, 1.165) is 11.1 Å². The summed E-state index contributed by atoms with van der Waals surface area (Å²) in [4.78, 5) is 23.4. The molecule has 2 heterocycles. The van der Waals surface area contributed by atoms with Crippen molar-refractivity contribution in [1.29, 1.82) is 0 Å². The Kier molecular flexibility index (Phi) is 4.79. The SMILES string of the molecule is CC1CC(NC(=O)NCc2ccc(Cn3cccn3)cc2)C(=O)O1. The highest BCUT2D eigenvalue weighted by atomic mass is 16.6. The molecule has 1 aromatic heterocycles. The van der Waals surface area contributed by atoms with Gasteiger partial charge in [0, 0.05) is 25.4 Å². The molecule has 1 saturated heterocycles. The third-order valence-electron chi connectivity index (χ3n) is 3.85. The molecular formula is C17H20N4O3. The van der Waals surface area contributed by atoms with Crippen LogP contribution in [0.1, 0.15) is 24.5 Å². The summed E-state index contributed by atoms with van der Waals surface area (Å²) in [7, 11) is 0. The summed E-state index contributed by atoms with van der Waals surface area (Å²) in [6.45, 7) is 2.91. The molecule has 2 aromatic rings. The first-order chi connectivity index (χ1) is 11.6. The molecule has 0 bridgehead atoms. The number of urea groups is 1. The number of nitrogens with one attached hydrogen (secondary N) is 2. The van der Waals surface area contributed by atoms with Crippen molar-refractivity contribution in [2.24, 2.45) is 0 Å². The normalized spacial score (nSPS) is 19.8. The molecule has 1 aromatic carbocycles. The third kappa shape index (κ3) is 4.13. The van der Waals surface area contributed by atoms with Gasteiger partial charge >= 0.3 is 12.0 Å². The number of carbonyl (C=O) groups is 2. The molecule has 3 rings (SSSR count). The zero-order valence-electron chi connectivity index (χ0n) is 13.4. The highest BCUT2D eigenvalue weighted by Gasteiger charge is 2.32. The maximum Gasteiger partial charge on any atom is 0.329 e. The second kappa shape index (κ2) is 7.16. The minimum atomic E-state index is -0.559. The Morgan fingerprint density at radius 1 is 1.33 bits per heavy atom. The summed E-state index contributed by atoms with van der Waals surface area (Å²) < 4.78 is 6.85. The predicted molar refractivity (Wildman–Crippen MR) is 87.1 cm³/mol. The molecule has 1 aliphatic heterocycles. The number of nitrogens with zero attached hydrogens (tertiary/aromatic N) is 2. The largest absolute Gasteiger partial charge is 0.461 e. The van der Waals surface area contributed by atoms with Crippen LogP contribution in [0.4, 0.5) is 4.79 Å². The Morgan fingerprint density at radius 3 is 2.71 bits per heavy atom. The van der Waals surface area contributed by atoms with E-state index in [1.807, 2.05) is 48.1 Å². The Morgan fingerprint density at radius 2 is 2.08 bits per heavy atom. The predicted octanol–water partition coefficient (Wildman–Crippen LogP) is 1.43. The number of rotatable bonds is 5. The van der Waals surface area contributed by atoms with E-state index in [9.17, 15) is 9.59 Å². The first-order valence-corrected chi connectivity index (χ1v) is 7.90. The molecule has 2 atom stereocenters. The highest BCUT2D eigenvalue weighted by molar-refractivity contribution is 5.84. The smallest absolute Gasteiger partial charge is 0.329 e. The molecule has 0 spiro atoms. The van der Waals surface area contributed by atoms with Crippen molar-refractivity contribution in [1.82, 2.24) is 20.4 Å². The van der Waals surface area contributed by atoms with E-state index in [1.54, 1.807) is 6.20 Å². The van der Waals surface area contributed by atoms with Crippen LogP contribution in [0.15, 0.2) is 42.7 Å². The molecule has 0 radical (unpaired) electrons. The topological polar surface area (TPSA) is 85.3 Å². The van der Waals surface area contributed by atoms with Gasteiger partial charge in [-0.3, -0.25) is 4.68 Å². The monoisotopic (exact) mass is 328 g/mol. The number of benzene rings is 1. The van der Waals surface area contributed by atoms with Crippen molar-refractivity contribution in [3.63, 3.8) is 0 Å². The van der Waals surface area contributed by atoms with Crippen molar-refractivity contribution in [3.05, 3.63) is 53.9 Å². The lowest BCUT2D eigenvalue weighted by atomic mass is 10.1. The molecule has 2 unspecified atom stereocenters. The zero-order chi connectivity index (χ0) is 16.9. The van der Waals surface area contributed by atoms with Crippen LogP contribution in [-0.4, -0.2) is 33.9 Å². The third-order valence-corrected chi connectivity index (χ3v) is 3.85. The van der Waals surface area contributed by atoms with E-state index >= 15 is 0 Å². The van der Waals surface area contributed by atoms with E-state index in [0.29, 0.717) is 19.5 Å². The highest BCUT2D eigenvalue weighted by Crippen LogP contribution is 2.13. The van der Waals surface area contributed by atoms with E-state index in [1.165, 1.54) is 0 Å². The van der Waals surface area contributed by atoms with Gasteiger partial charge in [0.15, 0.2) is 0 Å². The standard InChI is InChI=1S/C17H20N4O3/c1-12-9-15(16(22)24-12)20-17(23)18-10-13-3-5-14(6-4-13)11-21-8-2-7-19-21/h2-8,12,15H,9-11H2,1H3,(H2,18,20,23). The van der Waals surface area contributed by atoms with Crippen molar-refractivity contribution >= 4 is 12.0 Å². The Labute approximate surface area is 140 Å². The first-order valence-electron chi connectivity index (χ1n) is 7.90. The van der Waals surface area contributed by atoms with Crippen LogP contribution >= 0.6 is 0 Å². The molecule has 2 N–H and O–H groups in total. The number of carbonyl (C=O) groups excluding carboxylic acids is 2. The fraction of sp³-hybridized carbons (Fsp3) is 0.353. The van der Waals surface area contributed by atoms with Gasteiger partial charge < -0.3 is 15.4 Å². The molecule has 1 fully saturated rings. The van der Waals surface area contributed by atoms with Gasteiger partial charge in [-0.25, -0.2) is 9.59 Å². The number of amides is 2. The maximum absolute atomic E-state index is 11.9. The average Bonchev–Trinajstić information content (AvgIpc) is 3.17. The van der Waals surface area contributed by atoms with E-state index in [2.05, 4.69) is 15.7 Å². The van der Waals surface area contributed by atoms with Crippen molar-refractivity contribution in [3.8, 4) is 0 Å². The fourth-order valence-electron chi connectivity index (χ4n) is 2.61. The van der Waals surface area contributed by atoms with Gasteiger partial charge in [0.2, 0.25) is 0 Å². The number of esters is 1. The number of ether oxygens (including phenoxy) is 1. The van der Waals surface area contributed by atoms with Gasteiger partial charge in [-0.1, -0.05) is 24.3 Å². The van der Waals surface area contributed by atoms with Gasteiger partial charge in [-0.05, 0) is 24.1 Å². The van der Waals surface area contributed by atoms with Crippen LogP contribution in [0.25, 0.3) is 0 Å². The summed E-state index contributed by atoms with van der Waals surface area (Å²) in [5.41, 5.74) is 2.12.